The van der Waals surface area contributed by atoms with Crippen molar-refractivity contribution in [2.45, 2.75) is 13.1 Å². The summed E-state index contributed by atoms with van der Waals surface area (Å²) in [7, 11) is 0. The molecule has 3 aromatic rings. The molecule has 0 fully saturated rings. The molecule has 2 heterocycles. The Bertz CT molecular complexity index is 899. The second-order valence-electron chi connectivity index (χ2n) is 5.84. The van der Waals surface area contributed by atoms with E-state index in [1.54, 1.807) is 12.1 Å². The van der Waals surface area contributed by atoms with Crippen LogP contribution < -0.4 is 10.6 Å². The van der Waals surface area contributed by atoms with Crippen LogP contribution in [0.1, 0.15) is 5.82 Å². The molecule has 1 aromatic heterocycles. The number of nitrogens with one attached hydrogen (secondary N) is 2. The van der Waals surface area contributed by atoms with Crippen molar-refractivity contribution in [2.24, 2.45) is 0 Å². The van der Waals surface area contributed by atoms with Gasteiger partial charge in [-0.25, -0.2) is 18.2 Å². The van der Waals surface area contributed by atoms with Crippen molar-refractivity contribution in [2.75, 3.05) is 11.9 Å². The monoisotopic (exact) mass is 344 g/mol. The fraction of sp³-hybridized carbons (Fsp3) is 0.167. The van der Waals surface area contributed by atoms with Gasteiger partial charge in [0.1, 0.15) is 34.8 Å². The van der Waals surface area contributed by atoms with Gasteiger partial charge in [0.25, 0.3) is 0 Å². The summed E-state index contributed by atoms with van der Waals surface area (Å²) >= 11 is 0. The highest BCUT2D eigenvalue weighted by Gasteiger charge is 2.21. The van der Waals surface area contributed by atoms with E-state index in [1.807, 2.05) is 4.57 Å². The zero-order valence-electron chi connectivity index (χ0n) is 13.2. The maximum Gasteiger partial charge on any atom is 0.138 e. The Hall–Kier alpha value is -2.80. The summed E-state index contributed by atoms with van der Waals surface area (Å²) in [5.41, 5.74) is 1.48. The van der Waals surface area contributed by atoms with Crippen LogP contribution in [0.3, 0.4) is 0 Å². The number of hydrogen-bond donors (Lipinski definition) is 2. The Labute approximate surface area is 142 Å². The smallest absolute Gasteiger partial charge is 0.138 e. The Morgan fingerprint density at radius 3 is 2.40 bits per heavy atom. The number of rotatable bonds is 3. The van der Waals surface area contributed by atoms with E-state index >= 15 is 0 Å². The van der Waals surface area contributed by atoms with Crippen molar-refractivity contribution >= 4 is 11.5 Å². The summed E-state index contributed by atoms with van der Waals surface area (Å²) in [4.78, 5) is 4.55. The Balaban J connectivity index is 1.83. The normalized spacial score (nSPS) is 13.6. The zero-order chi connectivity index (χ0) is 17.4. The predicted molar refractivity (Wildman–Crippen MR) is 89.0 cm³/mol. The SMILES string of the molecule is Fc1ccc(Nc2c(-c3cc(F)cc(F)c3)nc3n2CCNC3)cc1. The maximum absolute atomic E-state index is 13.7. The van der Waals surface area contributed by atoms with Gasteiger partial charge in [-0.05, 0) is 36.4 Å². The van der Waals surface area contributed by atoms with Gasteiger partial charge in [0, 0.05) is 30.4 Å². The number of imidazole rings is 1. The lowest BCUT2D eigenvalue weighted by molar-refractivity contribution is 0.509. The molecular formula is C18H15F3N4. The average Bonchev–Trinajstić information content (AvgIpc) is 2.95. The average molecular weight is 344 g/mol. The van der Waals surface area contributed by atoms with Crippen molar-refractivity contribution in [3.8, 4) is 11.3 Å². The molecular weight excluding hydrogens is 329 g/mol. The molecule has 4 rings (SSSR count). The van der Waals surface area contributed by atoms with Crippen LogP contribution in [0.5, 0.6) is 0 Å². The third-order valence-corrected chi connectivity index (χ3v) is 4.08. The van der Waals surface area contributed by atoms with Gasteiger partial charge < -0.3 is 15.2 Å². The number of hydrogen-bond acceptors (Lipinski definition) is 3. The molecule has 0 aliphatic carbocycles. The molecule has 0 saturated heterocycles. The summed E-state index contributed by atoms with van der Waals surface area (Å²) in [6.07, 6.45) is 0. The predicted octanol–water partition coefficient (Wildman–Crippen LogP) is 3.81. The van der Waals surface area contributed by atoms with Gasteiger partial charge in [0.05, 0.1) is 6.54 Å². The molecule has 2 N–H and O–H groups in total. The molecule has 0 bridgehead atoms. The van der Waals surface area contributed by atoms with Gasteiger partial charge in [-0.1, -0.05) is 0 Å². The first-order chi connectivity index (χ1) is 12.1. The second-order valence-corrected chi connectivity index (χ2v) is 5.84. The Morgan fingerprint density at radius 2 is 1.68 bits per heavy atom. The molecule has 2 aromatic carbocycles. The van der Waals surface area contributed by atoms with E-state index in [0.29, 0.717) is 35.9 Å². The lowest BCUT2D eigenvalue weighted by Gasteiger charge is -2.18. The molecule has 0 radical (unpaired) electrons. The molecule has 0 amide bonds. The van der Waals surface area contributed by atoms with Crippen LogP contribution in [0.4, 0.5) is 24.7 Å². The number of halogens is 3. The van der Waals surface area contributed by atoms with Gasteiger partial charge in [0.2, 0.25) is 0 Å². The molecule has 0 unspecified atom stereocenters. The Morgan fingerprint density at radius 1 is 0.960 bits per heavy atom. The summed E-state index contributed by atoms with van der Waals surface area (Å²) < 4.78 is 42.4. The molecule has 4 nitrogen and oxygen atoms in total. The van der Waals surface area contributed by atoms with Crippen LogP contribution in [0, 0.1) is 17.5 Å². The van der Waals surface area contributed by atoms with Gasteiger partial charge in [-0.15, -0.1) is 0 Å². The molecule has 1 aliphatic rings. The lowest BCUT2D eigenvalue weighted by atomic mass is 10.1. The second kappa shape index (κ2) is 6.25. The summed E-state index contributed by atoms with van der Waals surface area (Å²) in [5, 5.41) is 6.42. The Kier molecular flexibility index (Phi) is 3.93. The van der Waals surface area contributed by atoms with Crippen LogP contribution in [0.15, 0.2) is 42.5 Å². The van der Waals surface area contributed by atoms with Gasteiger partial charge in [0.15, 0.2) is 0 Å². The summed E-state index contributed by atoms with van der Waals surface area (Å²) in [5.74, 6) is -0.250. The largest absolute Gasteiger partial charge is 0.340 e. The van der Waals surface area contributed by atoms with Crippen LogP contribution in [-0.2, 0) is 13.1 Å². The zero-order valence-corrected chi connectivity index (χ0v) is 13.2. The van der Waals surface area contributed by atoms with Gasteiger partial charge in [-0.3, -0.25) is 0 Å². The third-order valence-electron chi connectivity index (χ3n) is 4.08. The number of anilines is 2. The molecule has 7 heteroatoms. The first-order valence-corrected chi connectivity index (χ1v) is 7.89. The number of aromatic nitrogens is 2. The quantitative estimate of drug-likeness (QED) is 0.759. The van der Waals surface area contributed by atoms with Crippen molar-refractivity contribution in [1.82, 2.24) is 14.9 Å². The topological polar surface area (TPSA) is 41.9 Å². The molecule has 0 atom stereocenters. The third kappa shape index (κ3) is 3.10. The van der Waals surface area contributed by atoms with Crippen LogP contribution in [0.2, 0.25) is 0 Å². The first kappa shape index (κ1) is 15.7. The van der Waals surface area contributed by atoms with Crippen molar-refractivity contribution in [1.29, 1.82) is 0 Å². The van der Waals surface area contributed by atoms with E-state index in [0.717, 1.165) is 18.4 Å². The molecule has 128 valence electrons. The van der Waals surface area contributed by atoms with Gasteiger partial charge in [-0.2, -0.15) is 0 Å². The van der Waals surface area contributed by atoms with Crippen LogP contribution in [0.25, 0.3) is 11.3 Å². The summed E-state index contributed by atoms with van der Waals surface area (Å²) in [6, 6.07) is 9.23. The van der Waals surface area contributed by atoms with E-state index in [9.17, 15) is 13.2 Å². The minimum atomic E-state index is -0.660. The number of benzene rings is 2. The summed E-state index contributed by atoms with van der Waals surface area (Å²) in [6.45, 7) is 2.00. The van der Waals surface area contributed by atoms with Gasteiger partial charge >= 0.3 is 0 Å². The van der Waals surface area contributed by atoms with E-state index in [4.69, 9.17) is 0 Å². The fourth-order valence-corrected chi connectivity index (χ4v) is 2.95. The van der Waals surface area contributed by atoms with E-state index in [2.05, 4.69) is 15.6 Å². The highest BCUT2D eigenvalue weighted by atomic mass is 19.1. The fourth-order valence-electron chi connectivity index (χ4n) is 2.95. The molecule has 0 saturated carbocycles. The first-order valence-electron chi connectivity index (χ1n) is 7.89. The number of nitrogens with zero attached hydrogens (tertiary/aromatic N) is 2. The van der Waals surface area contributed by atoms with Crippen molar-refractivity contribution < 1.29 is 13.2 Å². The molecule has 0 spiro atoms. The maximum atomic E-state index is 13.7. The van der Waals surface area contributed by atoms with E-state index < -0.39 is 11.6 Å². The van der Waals surface area contributed by atoms with Crippen LogP contribution >= 0.6 is 0 Å². The van der Waals surface area contributed by atoms with Crippen molar-refractivity contribution in [3.63, 3.8) is 0 Å². The minimum absolute atomic E-state index is 0.336. The van der Waals surface area contributed by atoms with E-state index in [1.165, 1.54) is 24.3 Å². The standard InChI is InChI=1S/C18H15F3N4/c19-12-1-3-15(4-2-12)23-18-17(11-7-13(20)9-14(21)8-11)24-16-10-22-5-6-25(16)18/h1-4,7-9,22-23H,5-6,10H2. The molecule has 1 aliphatic heterocycles. The minimum Gasteiger partial charge on any atom is -0.340 e. The van der Waals surface area contributed by atoms with Crippen molar-refractivity contribution in [3.05, 3.63) is 65.7 Å². The highest BCUT2D eigenvalue weighted by Crippen LogP contribution is 2.33. The van der Waals surface area contributed by atoms with E-state index in [-0.39, 0.29) is 5.82 Å². The number of fused-ring (bicyclic) bond motifs is 1. The highest BCUT2D eigenvalue weighted by molar-refractivity contribution is 5.76. The molecule has 25 heavy (non-hydrogen) atoms. The lowest BCUT2D eigenvalue weighted by Crippen LogP contribution is -2.28. The van der Waals surface area contributed by atoms with Crippen LogP contribution in [-0.4, -0.2) is 16.1 Å².